The van der Waals surface area contributed by atoms with E-state index in [4.69, 9.17) is 0 Å². The summed E-state index contributed by atoms with van der Waals surface area (Å²) in [5.74, 6) is 0. The van der Waals surface area contributed by atoms with Gasteiger partial charge in [-0.05, 0) is 103 Å². The molecule has 1 aliphatic carbocycles. The Hall–Kier alpha value is -6.18. The molecule has 1 aliphatic rings. The van der Waals surface area contributed by atoms with Crippen LogP contribution in [0.3, 0.4) is 0 Å². The number of anilines is 3. The van der Waals surface area contributed by atoms with Gasteiger partial charge in [0.2, 0.25) is 0 Å². The Labute approximate surface area is 294 Å². The molecule has 50 heavy (non-hydrogen) atoms. The van der Waals surface area contributed by atoms with E-state index in [-0.39, 0.29) is 5.41 Å². The molecule has 238 valence electrons. The molecule has 0 spiro atoms. The highest BCUT2D eigenvalue weighted by atomic mass is 15.1. The monoisotopic (exact) mass is 639 g/mol. The van der Waals surface area contributed by atoms with E-state index in [1.54, 1.807) is 0 Å². The highest BCUT2D eigenvalue weighted by Crippen LogP contribution is 2.53. The zero-order chi connectivity index (χ0) is 33.7. The van der Waals surface area contributed by atoms with Gasteiger partial charge in [0.1, 0.15) is 0 Å². The van der Waals surface area contributed by atoms with Crippen LogP contribution in [-0.2, 0) is 5.41 Å². The minimum atomic E-state index is -0.0996. The Morgan fingerprint density at radius 2 is 0.860 bits per heavy atom. The maximum absolute atomic E-state index is 2.45. The molecule has 0 aliphatic heterocycles. The maximum atomic E-state index is 2.45. The van der Waals surface area contributed by atoms with Gasteiger partial charge in [-0.1, -0.05) is 159 Å². The summed E-state index contributed by atoms with van der Waals surface area (Å²) in [4.78, 5) is 2.44. The third-order valence-corrected chi connectivity index (χ3v) is 10.5. The quantitative estimate of drug-likeness (QED) is 0.175. The largest absolute Gasteiger partial charge is 0.310 e. The van der Waals surface area contributed by atoms with E-state index in [9.17, 15) is 0 Å². The fourth-order valence-electron chi connectivity index (χ4n) is 7.80. The van der Waals surface area contributed by atoms with Crippen LogP contribution in [0.25, 0.3) is 55.3 Å². The van der Waals surface area contributed by atoms with Crippen LogP contribution in [0.5, 0.6) is 0 Å². The molecule has 0 amide bonds. The van der Waals surface area contributed by atoms with Gasteiger partial charge in [-0.2, -0.15) is 0 Å². The van der Waals surface area contributed by atoms with Gasteiger partial charge < -0.3 is 4.90 Å². The van der Waals surface area contributed by atoms with E-state index in [1.165, 1.54) is 66.4 Å². The minimum absolute atomic E-state index is 0.0996. The minimum Gasteiger partial charge on any atom is -0.310 e. The molecule has 0 atom stereocenters. The molecule has 0 saturated carbocycles. The van der Waals surface area contributed by atoms with Gasteiger partial charge in [0.25, 0.3) is 0 Å². The lowest BCUT2D eigenvalue weighted by Gasteiger charge is -2.30. The molecule has 9 rings (SSSR count). The van der Waals surface area contributed by atoms with Crippen LogP contribution >= 0.6 is 0 Å². The van der Waals surface area contributed by atoms with Gasteiger partial charge >= 0.3 is 0 Å². The van der Waals surface area contributed by atoms with Gasteiger partial charge in [-0.25, -0.2) is 0 Å². The van der Waals surface area contributed by atoms with Gasteiger partial charge in [0.05, 0.1) is 5.69 Å². The van der Waals surface area contributed by atoms with Crippen molar-refractivity contribution in [2.75, 3.05) is 4.90 Å². The molecule has 0 fully saturated rings. The molecular weight excluding hydrogens is 603 g/mol. The topological polar surface area (TPSA) is 3.24 Å². The van der Waals surface area contributed by atoms with Gasteiger partial charge in [-0.3, -0.25) is 0 Å². The number of fused-ring (bicyclic) bond motifs is 4. The van der Waals surface area contributed by atoms with Crippen molar-refractivity contribution in [3.8, 4) is 44.5 Å². The van der Waals surface area contributed by atoms with Crippen molar-refractivity contribution in [3.05, 3.63) is 199 Å². The summed E-state index contributed by atoms with van der Waals surface area (Å²) >= 11 is 0. The summed E-state index contributed by atoms with van der Waals surface area (Å²) in [7, 11) is 0. The Kier molecular flexibility index (Phi) is 7.21. The highest BCUT2D eigenvalue weighted by Gasteiger charge is 2.36. The molecule has 0 heterocycles. The molecule has 0 aromatic heterocycles. The molecule has 8 aromatic rings. The van der Waals surface area contributed by atoms with E-state index in [0.717, 1.165) is 17.1 Å². The predicted octanol–water partition coefficient (Wildman–Crippen LogP) is 13.6. The van der Waals surface area contributed by atoms with Gasteiger partial charge in [0, 0.05) is 22.4 Å². The normalized spacial score (nSPS) is 12.8. The van der Waals surface area contributed by atoms with Crippen molar-refractivity contribution < 1.29 is 0 Å². The summed E-state index contributed by atoms with van der Waals surface area (Å²) in [5.41, 5.74) is 15.9. The second-order valence-corrected chi connectivity index (χ2v) is 13.8. The second-order valence-electron chi connectivity index (χ2n) is 13.8. The molecular formula is C49H37N. The summed E-state index contributed by atoms with van der Waals surface area (Å²) in [6.07, 6.45) is 0. The maximum Gasteiger partial charge on any atom is 0.0546 e. The third-order valence-electron chi connectivity index (χ3n) is 10.5. The summed E-state index contributed by atoms with van der Waals surface area (Å²) in [5, 5.41) is 2.51. The molecule has 0 bridgehead atoms. The Morgan fingerprint density at radius 3 is 1.54 bits per heavy atom. The van der Waals surface area contributed by atoms with Crippen LogP contribution in [0, 0.1) is 0 Å². The standard InChI is InChI=1S/C49H37N/c1-49(2)46-20-12-11-19-43(46)45-33-48(44(32-47(45)49)38-16-7-4-8-17-38)50(41-27-23-36(24-28-41)34-13-5-3-6-14-34)42-29-25-37(26-30-42)40-22-21-35-15-9-10-18-39(35)31-40/h3-33H,1-2H3. The van der Waals surface area contributed by atoms with Gasteiger partial charge in [-0.15, -0.1) is 0 Å². The second kappa shape index (κ2) is 12.1. The zero-order valence-corrected chi connectivity index (χ0v) is 28.3. The number of hydrogen-bond donors (Lipinski definition) is 0. The van der Waals surface area contributed by atoms with Crippen molar-refractivity contribution in [3.63, 3.8) is 0 Å². The van der Waals surface area contributed by atoms with Crippen LogP contribution < -0.4 is 4.90 Å². The summed E-state index contributed by atoms with van der Waals surface area (Å²) in [6.45, 7) is 4.72. The van der Waals surface area contributed by atoms with Crippen molar-refractivity contribution in [2.45, 2.75) is 19.3 Å². The van der Waals surface area contributed by atoms with Crippen molar-refractivity contribution in [2.24, 2.45) is 0 Å². The first kappa shape index (κ1) is 29.9. The van der Waals surface area contributed by atoms with Crippen LogP contribution in [0.1, 0.15) is 25.0 Å². The number of nitrogens with zero attached hydrogens (tertiary/aromatic N) is 1. The van der Waals surface area contributed by atoms with Crippen LogP contribution in [0.2, 0.25) is 0 Å². The van der Waals surface area contributed by atoms with E-state index >= 15 is 0 Å². The Morgan fingerprint density at radius 1 is 0.340 bits per heavy atom. The lowest BCUT2D eigenvalue weighted by molar-refractivity contribution is 0.660. The fraction of sp³-hybridized carbons (Fsp3) is 0.0612. The number of rotatable bonds is 6. The smallest absolute Gasteiger partial charge is 0.0546 e. The number of benzene rings is 8. The van der Waals surface area contributed by atoms with Crippen molar-refractivity contribution >= 4 is 27.8 Å². The molecule has 8 aromatic carbocycles. The zero-order valence-electron chi connectivity index (χ0n) is 28.3. The molecule has 0 unspecified atom stereocenters. The lowest BCUT2D eigenvalue weighted by Crippen LogP contribution is -2.16. The van der Waals surface area contributed by atoms with Crippen LogP contribution in [0.4, 0.5) is 17.1 Å². The average Bonchev–Trinajstić information content (AvgIpc) is 3.41. The average molecular weight is 640 g/mol. The first-order valence-electron chi connectivity index (χ1n) is 17.4. The molecule has 0 saturated heterocycles. The van der Waals surface area contributed by atoms with E-state index in [0.29, 0.717) is 0 Å². The molecule has 1 heteroatoms. The lowest BCUT2D eigenvalue weighted by atomic mass is 9.81. The van der Waals surface area contributed by atoms with E-state index in [1.807, 2.05) is 0 Å². The van der Waals surface area contributed by atoms with E-state index < -0.39 is 0 Å². The first-order valence-corrected chi connectivity index (χ1v) is 17.4. The van der Waals surface area contributed by atoms with Crippen molar-refractivity contribution in [1.29, 1.82) is 0 Å². The summed E-state index contributed by atoms with van der Waals surface area (Å²) < 4.78 is 0. The predicted molar refractivity (Wildman–Crippen MR) is 213 cm³/mol. The fourth-order valence-corrected chi connectivity index (χ4v) is 7.80. The number of hydrogen-bond acceptors (Lipinski definition) is 1. The molecule has 0 radical (unpaired) electrons. The third kappa shape index (κ3) is 5.11. The Balaban J connectivity index is 1.24. The SMILES string of the molecule is CC1(C)c2ccccc2-c2cc(N(c3ccc(-c4ccccc4)cc3)c3ccc(-c4ccc5ccccc5c4)cc3)c(-c3ccccc3)cc21. The molecule has 1 nitrogen and oxygen atoms in total. The Bertz CT molecular complexity index is 2470. The van der Waals surface area contributed by atoms with E-state index in [2.05, 4.69) is 207 Å². The first-order chi connectivity index (χ1) is 24.5. The molecule has 0 N–H and O–H groups in total. The van der Waals surface area contributed by atoms with Crippen molar-refractivity contribution in [1.82, 2.24) is 0 Å². The van der Waals surface area contributed by atoms with Crippen LogP contribution in [-0.4, -0.2) is 0 Å². The summed E-state index contributed by atoms with van der Waals surface area (Å²) in [6, 6.07) is 68.7. The highest BCUT2D eigenvalue weighted by molar-refractivity contribution is 5.95. The van der Waals surface area contributed by atoms with Crippen LogP contribution in [0.15, 0.2) is 188 Å². The van der Waals surface area contributed by atoms with Gasteiger partial charge in [0.15, 0.2) is 0 Å².